The van der Waals surface area contributed by atoms with Gasteiger partial charge in [-0.15, -0.1) is 0 Å². The van der Waals surface area contributed by atoms with Crippen molar-refractivity contribution in [1.29, 1.82) is 0 Å². The minimum Gasteiger partial charge on any atom is -0.468 e. The van der Waals surface area contributed by atoms with Gasteiger partial charge in [-0.1, -0.05) is 32.5 Å². The topological polar surface area (TPSA) is 109 Å². The zero-order valence-corrected chi connectivity index (χ0v) is 18.6. The number of fused-ring (bicyclic) bond motifs is 1. The maximum absolute atomic E-state index is 12.9. The molecule has 0 amide bonds. The Morgan fingerprint density at radius 2 is 1.90 bits per heavy atom. The molecule has 3 aromatic rings. The fourth-order valence-corrected chi connectivity index (χ4v) is 3.81. The third-order valence-electron chi connectivity index (χ3n) is 4.52. The molecule has 0 bridgehead atoms. The second-order valence-electron chi connectivity index (χ2n) is 7.77. The van der Waals surface area contributed by atoms with E-state index in [0.29, 0.717) is 22.2 Å². The van der Waals surface area contributed by atoms with E-state index in [1.807, 2.05) is 20.8 Å². The summed E-state index contributed by atoms with van der Waals surface area (Å²) in [5.41, 5.74) is -0.727. The summed E-state index contributed by atoms with van der Waals surface area (Å²) in [6.07, 6.45) is 1.42. The van der Waals surface area contributed by atoms with Crippen molar-refractivity contribution in [2.24, 2.45) is 14.1 Å². The molecule has 10 heteroatoms. The van der Waals surface area contributed by atoms with Crippen LogP contribution in [0.3, 0.4) is 0 Å². The Balaban J connectivity index is 2.14. The van der Waals surface area contributed by atoms with E-state index < -0.39 is 22.6 Å². The average Bonchev–Trinajstić information content (AvgIpc) is 3.16. The highest BCUT2D eigenvalue weighted by Crippen LogP contribution is 2.30. The molecule has 9 nitrogen and oxygen atoms in total. The van der Waals surface area contributed by atoms with E-state index in [9.17, 15) is 14.4 Å². The molecule has 0 unspecified atom stereocenters. The lowest BCUT2D eigenvalue weighted by atomic mass is 9.96. The normalized spacial score (nSPS) is 11.8. The zero-order valence-electron chi connectivity index (χ0n) is 17.8. The molecule has 0 spiro atoms. The molecule has 3 aromatic heterocycles. The van der Waals surface area contributed by atoms with Crippen LogP contribution in [0, 0.1) is 0 Å². The van der Waals surface area contributed by atoms with Crippen molar-refractivity contribution in [1.82, 2.24) is 19.1 Å². The summed E-state index contributed by atoms with van der Waals surface area (Å²) >= 11 is 1.24. The number of nitrogens with zero attached hydrogens (tertiary/aromatic N) is 4. The van der Waals surface area contributed by atoms with Crippen molar-refractivity contribution in [3.63, 3.8) is 0 Å². The predicted octanol–water partition coefficient (Wildman–Crippen LogP) is 2.39. The molecule has 0 saturated carbocycles. The Kier molecular flexibility index (Phi) is 5.89. The van der Waals surface area contributed by atoms with E-state index in [1.54, 1.807) is 20.0 Å². The second-order valence-corrected chi connectivity index (χ2v) is 8.74. The van der Waals surface area contributed by atoms with Crippen LogP contribution in [0.2, 0.25) is 0 Å². The van der Waals surface area contributed by atoms with Gasteiger partial charge in [-0.05, 0) is 13.0 Å². The van der Waals surface area contributed by atoms with Crippen molar-refractivity contribution in [3.05, 3.63) is 50.3 Å². The molecular weight excluding hydrogens is 408 g/mol. The van der Waals surface area contributed by atoms with Crippen LogP contribution in [-0.2, 0) is 30.0 Å². The molecule has 0 radical (unpaired) electrons. The second kappa shape index (κ2) is 8.10. The van der Waals surface area contributed by atoms with Crippen molar-refractivity contribution >= 4 is 28.8 Å². The smallest absolute Gasteiger partial charge is 0.341 e. The first-order chi connectivity index (χ1) is 14.1. The standard InChI is InChI=1S/C20H24N4O5S/c1-7-28-17(26)11-8-9-29-12(11)10-30-15-13-14(21-18(22-15)20(2,3)4)23(5)19(27)24(6)16(13)25/h8-9H,7,10H2,1-6H3. The van der Waals surface area contributed by atoms with E-state index in [0.717, 1.165) is 4.57 Å². The maximum Gasteiger partial charge on any atom is 0.341 e. The molecule has 160 valence electrons. The number of rotatable bonds is 5. The van der Waals surface area contributed by atoms with Crippen molar-refractivity contribution < 1.29 is 13.9 Å². The van der Waals surface area contributed by atoms with E-state index in [2.05, 4.69) is 9.97 Å². The van der Waals surface area contributed by atoms with Gasteiger partial charge in [0.05, 0.1) is 18.6 Å². The third-order valence-corrected chi connectivity index (χ3v) is 5.49. The van der Waals surface area contributed by atoms with Crippen molar-refractivity contribution in [2.45, 2.75) is 43.9 Å². The molecule has 3 rings (SSSR count). The lowest BCUT2D eigenvalue weighted by Gasteiger charge is -2.19. The summed E-state index contributed by atoms with van der Waals surface area (Å²) in [7, 11) is 2.99. The highest BCUT2D eigenvalue weighted by atomic mass is 32.2. The first-order valence-corrected chi connectivity index (χ1v) is 10.4. The van der Waals surface area contributed by atoms with Gasteiger partial charge in [-0.2, -0.15) is 0 Å². The van der Waals surface area contributed by atoms with Gasteiger partial charge in [0.1, 0.15) is 27.6 Å². The van der Waals surface area contributed by atoms with Crippen molar-refractivity contribution in [3.8, 4) is 0 Å². The number of aromatic nitrogens is 4. The van der Waals surface area contributed by atoms with Gasteiger partial charge in [-0.3, -0.25) is 13.9 Å². The monoisotopic (exact) mass is 432 g/mol. The molecule has 0 N–H and O–H groups in total. The fourth-order valence-electron chi connectivity index (χ4n) is 2.85. The lowest BCUT2D eigenvalue weighted by molar-refractivity contribution is 0.0524. The summed E-state index contributed by atoms with van der Waals surface area (Å²) < 4.78 is 12.9. The summed E-state index contributed by atoms with van der Waals surface area (Å²) in [6, 6.07) is 1.55. The summed E-state index contributed by atoms with van der Waals surface area (Å²) in [4.78, 5) is 46.5. The molecule has 0 atom stereocenters. The van der Waals surface area contributed by atoms with Gasteiger partial charge in [0.15, 0.2) is 5.65 Å². The number of hydrogen-bond donors (Lipinski definition) is 0. The molecule has 0 aliphatic rings. The predicted molar refractivity (Wildman–Crippen MR) is 113 cm³/mol. The van der Waals surface area contributed by atoms with Gasteiger partial charge >= 0.3 is 11.7 Å². The van der Waals surface area contributed by atoms with Crippen LogP contribution >= 0.6 is 11.8 Å². The molecule has 0 saturated heterocycles. The van der Waals surface area contributed by atoms with E-state index in [-0.39, 0.29) is 23.4 Å². The number of ether oxygens (including phenoxy) is 1. The van der Waals surface area contributed by atoms with Gasteiger partial charge in [0.2, 0.25) is 0 Å². The number of thioether (sulfide) groups is 1. The van der Waals surface area contributed by atoms with Crippen LogP contribution in [0.1, 0.15) is 49.6 Å². The Morgan fingerprint density at radius 3 is 2.53 bits per heavy atom. The minimum absolute atomic E-state index is 0.252. The molecule has 0 aliphatic carbocycles. The molecule has 30 heavy (non-hydrogen) atoms. The van der Waals surface area contributed by atoms with Crippen LogP contribution in [0.15, 0.2) is 31.4 Å². The van der Waals surface area contributed by atoms with Gasteiger partial charge in [0.25, 0.3) is 5.56 Å². The first kappa shape index (κ1) is 21.8. The Labute approximate surface area is 177 Å². The number of carbonyl (C=O) groups excluding carboxylic acids is 1. The number of carbonyl (C=O) groups is 1. The summed E-state index contributed by atoms with van der Waals surface area (Å²) in [5, 5.41) is 0.675. The SMILES string of the molecule is CCOC(=O)c1ccoc1CSc1nc(C(C)(C)C)nc2c1c(=O)n(C)c(=O)n2C. The molecular formula is C20H24N4O5S. The average molecular weight is 433 g/mol. The van der Waals surface area contributed by atoms with Crippen LogP contribution in [0.4, 0.5) is 0 Å². The van der Waals surface area contributed by atoms with Crippen LogP contribution in [0.25, 0.3) is 11.0 Å². The van der Waals surface area contributed by atoms with E-state index in [4.69, 9.17) is 9.15 Å². The quantitative estimate of drug-likeness (QED) is 0.343. The van der Waals surface area contributed by atoms with E-state index in [1.165, 1.54) is 29.6 Å². The largest absolute Gasteiger partial charge is 0.468 e. The zero-order chi connectivity index (χ0) is 22.2. The Bertz CT molecular complexity index is 1230. The molecule has 3 heterocycles. The highest BCUT2D eigenvalue weighted by Gasteiger charge is 2.24. The Morgan fingerprint density at radius 1 is 1.20 bits per heavy atom. The first-order valence-electron chi connectivity index (χ1n) is 9.40. The Hall–Kier alpha value is -2.88. The number of hydrogen-bond acceptors (Lipinski definition) is 8. The molecule has 0 aromatic carbocycles. The maximum atomic E-state index is 12.9. The summed E-state index contributed by atoms with van der Waals surface area (Å²) in [5.74, 6) is 0.709. The highest BCUT2D eigenvalue weighted by molar-refractivity contribution is 7.98. The third kappa shape index (κ3) is 3.91. The van der Waals surface area contributed by atoms with Gasteiger partial charge < -0.3 is 9.15 Å². The number of furan rings is 1. The van der Waals surface area contributed by atoms with Crippen LogP contribution in [-0.4, -0.2) is 31.7 Å². The molecule has 0 fully saturated rings. The van der Waals surface area contributed by atoms with Gasteiger partial charge in [-0.25, -0.2) is 19.6 Å². The number of aryl methyl sites for hydroxylation is 1. The lowest BCUT2D eigenvalue weighted by Crippen LogP contribution is -2.38. The molecule has 0 aliphatic heterocycles. The fraction of sp³-hybridized carbons (Fsp3) is 0.450. The minimum atomic E-state index is -0.471. The van der Waals surface area contributed by atoms with Gasteiger partial charge in [0, 0.05) is 19.5 Å². The number of esters is 1. The van der Waals surface area contributed by atoms with Crippen LogP contribution in [0.5, 0.6) is 0 Å². The van der Waals surface area contributed by atoms with Crippen LogP contribution < -0.4 is 11.2 Å². The van der Waals surface area contributed by atoms with Crippen molar-refractivity contribution in [2.75, 3.05) is 6.61 Å². The van der Waals surface area contributed by atoms with E-state index >= 15 is 0 Å². The summed E-state index contributed by atoms with van der Waals surface area (Å²) in [6.45, 7) is 7.84.